The van der Waals surface area contributed by atoms with E-state index in [0.29, 0.717) is 24.7 Å². The van der Waals surface area contributed by atoms with E-state index in [2.05, 4.69) is 17.1 Å². The van der Waals surface area contributed by atoms with Crippen LogP contribution >= 0.6 is 0 Å². The Morgan fingerprint density at radius 1 is 1.33 bits per heavy atom. The number of nitrogens with one attached hydrogen (secondary N) is 1. The van der Waals surface area contributed by atoms with Gasteiger partial charge in [0, 0.05) is 31.8 Å². The predicted octanol–water partition coefficient (Wildman–Crippen LogP) is 0.0932. The van der Waals surface area contributed by atoms with Crippen molar-refractivity contribution in [3.8, 4) is 0 Å². The van der Waals surface area contributed by atoms with Crippen LogP contribution in [0.4, 0.5) is 0 Å². The highest BCUT2D eigenvalue weighted by molar-refractivity contribution is 5.75. The van der Waals surface area contributed by atoms with Gasteiger partial charge in [0.2, 0.25) is 5.91 Å². The lowest BCUT2D eigenvalue weighted by molar-refractivity contribution is -0.119. The average Bonchev–Trinajstić information content (AvgIpc) is 2.28. The molecule has 2 fully saturated rings. The molecule has 1 aliphatic heterocycles. The van der Waals surface area contributed by atoms with Crippen molar-refractivity contribution in [3.63, 3.8) is 0 Å². The van der Waals surface area contributed by atoms with Gasteiger partial charge in [-0.2, -0.15) is 0 Å². The van der Waals surface area contributed by atoms with Crippen LogP contribution in [0.2, 0.25) is 0 Å². The van der Waals surface area contributed by atoms with Gasteiger partial charge in [0.25, 0.3) is 0 Å². The summed E-state index contributed by atoms with van der Waals surface area (Å²) < 4.78 is 5.56. The summed E-state index contributed by atoms with van der Waals surface area (Å²) in [5.41, 5.74) is 5.20. The SMILES string of the molecule is CCOC1CC(NC2CCN(CC(N)=O)CC2)C1. The number of carbonyl (C=O) groups is 1. The van der Waals surface area contributed by atoms with Gasteiger partial charge in [-0.1, -0.05) is 0 Å². The topological polar surface area (TPSA) is 67.6 Å². The minimum absolute atomic E-state index is 0.222. The fourth-order valence-corrected chi connectivity index (χ4v) is 2.88. The molecule has 0 atom stereocenters. The summed E-state index contributed by atoms with van der Waals surface area (Å²) in [5.74, 6) is -0.222. The van der Waals surface area contributed by atoms with Crippen molar-refractivity contribution in [2.45, 2.75) is 50.8 Å². The van der Waals surface area contributed by atoms with Crippen LogP contribution < -0.4 is 11.1 Å². The molecule has 2 aliphatic rings. The Hall–Kier alpha value is -0.650. The third-order valence-electron chi connectivity index (χ3n) is 3.94. The Labute approximate surface area is 109 Å². The maximum absolute atomic E-state index is 10.8. The van der Waals surface area contributed by atoms with E-state index in [1.54, 1.807) is 0 Å². The minimum Gasteiger partial charge on any atom is -0.378 e. The number of hydrogen-bond donors (Lipinski definition) is 2. The van der Waals surface area contributed by atoms with Crippen LogP contribution in [-0.4, -0.2) is 55.2 Å². The van der Waals surface area contributed by atoms with E-state index in [1.807, 2.05) is 0 Å². The molecule has 5 nitrogen and oxygen atoms in total. The molecule has 1 amide bonds. The van der Waals surface area contributed by atoms with Crippen molar-refractivity contribution in [2.75, 3.05) is 26.2 Å². The highest BCUT2D eigenvalue weighted by Gasteiger charge is 2.31. The Balaban J connectivity index is 1.58. The monoisotopic (exact) mass is 255 g/mol. The van der Waals surface area contributed by atoms with Gasteiger partial charge in [0.1, 0.15) is 0 Å². The second-order valence-electron chi connectivity index (χ2n) is 5.43. The number of amides is 1. The summed E-state index contributed by atoms with van der Waals surface area (Å²) in [5, 5.41) is 3.69. The van der Waals surface area contributed by atoms with Crippen LogP contribution in [0, 0.1) is 0 Å². The highest BCUT2D eigenvalue weighted by Crippen LogP contribution is 2.25. The van der Waals surface area contributed by atoms with Crippen molar-refractivity contribution in [2.24, 2.45) is 5.73 Å². The van der Waals surface area contributed by atoms with E-state index in [4.69, 9.17) is 10.5 Å². The molecular weight excluding hydrogens is 230 g/mol. The number of nitrogens with two attached hydrogens (primary N) is 1. The first-order chi connectivity index (χ1) is 8.67. The van der Waals surface area contributed by atoms with Crippen LogP contribution in [0.25, 0.3) is 0 Å². The molecule has 1 heterocycles. The summed E-state index contributed by atoms with van der Waals surface area (Å²) in [6, 6.07) is 1.23. The van der Waals surface area contributed by atoms with Gasteiger partial charge in [-0.15, -0.1) is 0 Å². The van der Waals surface area contributed by atoms with E-state index in [-0.39, 0.29) is 5.91 Å². The van der Waals surface area contributed by atoms with E-state index in [0.717, 1.165) is 45.4 Å². The van der Waals surface area contributed by atoms with Gasteiger partial charge in [-0.3, -0.25) is 9.69 Å². The first kappa shape index (κ1) is 13.8. The largest absolute Gasteiger partial charge is 0.378 e. The Morgan fingerprint density at radius 2 is 2.00 bits per heavy atom. The molecule has 0 radical (unpaired) electrons. The van der Waals surface area contributed by atoms with Crippen LogP contribution in [-0.2, 0) is 9.53 Å². The summed E-state index contributed by atoms with van der Waals surface area (Å²) in [6.07, 6.45) is 5.00. The van der Waals surface area contributed by atoms with Crippen molar-refractivity contribution < 1.29 is 9.53 Å². The number of nitrogens with zero attached hydrogens (tertiary/aromatic N) is 1. The van der Waals surface area contributed by atoms with Crippen molar-refractivity contribution in [1.29, 1.82) is 0 Å². The predicted molar refractivity (Wildman–Crippen MR) is 70.2 cm³/mol. The molecule has 2 rings (SSSR count). The lowest BCUT2D eigenvalue weighted by Gasteiger charge is -2.40. The molecule has 104 valence electrons. The summed E-state index contributed by atoms with van der Waals surface area (Å²) >= 11 is 0. The van der Waals surface area contributed by atoms with Crippen molar-refractivity contribution in [3.05, 3.63) is 0 Å². The fraction of sp³-hybridized carbons (Fsp3) is 0.923. The molecule has 0 unspecified atom stereocenters. The van der Waals surface area contributed by atoms with E-state index in [9.17, 15) is 4.79 Å². The normalized spacial score (nSPS) is 30.1. The number of rotatable bonds is 6. The first-order valence-electron chi connectivity index (χ1n) is 7.05. The number of likely N-dealkylation sites (tertiary alicyclic amines) is 1. The smallest absolute Gasteiger partial charge is 0.231 e. The molecule has 1 saturated heterocycles. The van der Waals surface area contributed by atoms with Crippen LogP contribution in [0.3, 0.4) is 0 Å². The zero-order chi connectivity index (χ0) is 13.0. The minimum atomic E-state index is -0.222. The summed E-state index contributed by atoms with van der Waals surface area (Å²) in [6.45, 7) is 5.23. The standard InChI is InChI=1S/C13H25N3O2/c1-2-18-12-7-11(8-12)15-10-3-5-16(6-4-10)9-13(14)17/h10-12,15H,2-9H2,1H3,(H2,14,17). The highest BCUT2D eigenvalue weighted by atomic mass is 16.5. The van der Waals surface area contributed by atoms with Crippen LogP contribution in [0.15, 0.2) is 0 Å². The molecule has 0 aromatic rings. The van der Waals surface area contributed by atoms with Gasteiger partial charge in [-0.25, -0.2) is 0 Å². The summed E-state index contributed by atoms with van der Waals surface area (Å²) in [7, 11) is 0. The zero-order valence-electron chi connectivity index (χ0n) is 11.2. The molecule has 0 aromatic heterocycles. The average molecular weight is 255 g/mol. The van der Waals surface area contributed by atoms with Gasteiger partial charge in [-0.05, 0) is 32.6 Å². The van der Waals surface area contributed by atoms with E-state index < -0.39 is 0 Å². The van der Waals surface area contributed by atoms with Gasteiger partial charge in [0.15, 0.2) is 0 Å². The Kier molecular flexibility index (Phi) is 4.97. The number of ether oxygens (including phenoxy) is 1. The van der Waals surface area contributed by atoms with Crippen LogP contribution in [0.5, 0.6) is 0 Å². The molecule has 18 heavy (non-hydrogen) atoms. The maximum atomic E-state index is 10.8. The van der Waals surface area contributed by atoms with E-state index in [1.165, 1.54) is 0 Å². The lowest BCUT2D eigenvalue weighted by atomic mass is 9.87. The first-order valence-corrected chi connectivity index (χ1v) is 7.05. The molecule has 0 spiro atoms. The van der Waals surface area contributed by atoms with Gasteiger partial charge >= 0.3 is 0 Å². The third kappa shape index (κ3) is 3.93. The van der Waals surface area contributed by atoms with Crippen molar-refractivity contribution >= 4 is 5.91 Å². The van der Waals surface area contributed by atoms with Gasteiger partial charge < -0.3 is 15.8 Å². The molecule has 1 aliphatic carbocycles. The quantitative estimate of drug-likeness (QED) is 0.706. The molecule has 0 bridgehead atoms. The van der Waals surface area contributed by atoms with Crippen LogP contribution in [0.1, 0.15) is 32.6 Å². The number of hydrogen-bond acceptors (Lipinski definition) is 4. The third-order valence-corrected chi connectivity index (χ3v) is 3.94. The summed E-state index contributed by atoms with van der Waals surface area (Å²) in [4.78, 5) is 13.0. The Bertz CT molecular complexity index is 271. The molecule has 1 saturated carbocycles. The lowest BCUT2D eigenvalue weighted by Crippen LogP contribution is -2.53. The van der Waals surface area contributed by atoms with Crippen molar-refractivity contribution in [1.82, 2.24) is 10.2 Å². The number of carbonyl (C=O) groups excluding carboxylic acids is 1. The van der Waals surface area contributed by atoms with E-state index >= 15 is 0 Å². The molecule has 0 aromatic carbocycles. The second-order valence-corrected chi connectivity index (χ2v) is 5.43. The number of primary amides is 1. The zero-order valence-corrected chi connectivity index (χ0v) is 11.2. The Morgan fingerprint density at radius 3 is 2.56 bits per heavy atom. The fourth-order valence-electron chi connectivity index (χ4n) is 2.88. The molecule has 3 N–H and O–H groups in total. The second kappa shape index (κ2) is 6.50. The maximum Gasteiger partial charge on any atom is 0.231 e. The van der Waals surface area contributed by atoms with Gasteiger partial charge in [0.05, 0.1) is 12.6 Å². The molecular formula is C13H25N3O2. The number of piperidine rings is 1. The molecule has 5 heteroatoms.